The van der Waals surface area contributed by atoms with Crippen molar-refractivity contribution in [1.29, 1.82) is 0 Å². The fraction of sp³-hybridized carbons (Fsp3) is 0.143. The van der Waals surface area contributed by atoms with Gasteiger partial charge in [-0.2, -0.15) is 0 Å². The molecule has 0 N–H and O–H groups in total. The van der Waals surface area contributed by atoms with Crippen molar-refractivity contribution >= 4 is 0 Å². The standard InChI is InChI=1S/4C14H14N.Ti/c4*1-3-7-13(8-4-1)11-15-12-14-9-5-2-6-10-14;/h4*1-10H,11-12H2;/q4*-1;+4. The molecule has 304 valence electrons. The molecule has 0 aliphatic heterocycles. The van der Waals surface area contributed by atoms with E-state index >= 15 is 0 Å². The maximum Gasteiger partial charge on any atom is 4.00 e. The van der Waals surface area contributed by atoms with Crippen LogP contribution in [0.25, 0.3) is 21.3 Å². The number of nitrogens with zero attached hydrogens (tertiary/aromatic N) is 4. The van der Waals surface area contributed by atoms with Gasteiger partial charge in [0.2, 0.25) is 0 Å². The van der Waals surface area contributed by atoms with Crippen LogP contribution in [0.3, 0.4) is 0 Å². The predicted octanol–water partition coefficient (Wildman–Crippen LogP) is 15.0. The van der Waals surface area contributed by atoms with Crippen molar-refractivity contribution < 1.29 is 21.7 Å². The Morgan fingerprint density at radius 2 is 0.262 bits per heavy atom. The van der Waals surface area contributed by atoms with Crippen molar-refractivity contribution in [3.8, 4) is 0 Å². The Bertz CT molecular complexity index is 1700. The van der Waals surface area contributed by atoms with Crippen molar-refractivity contribution in [2.45, 2.75) is 52.4 Å². The van der Waals surface area contributed by atoms with Gasteiger partial charge in [0, 0.05) is 0 Å². The van der Waals surface area contributed by atoms with Gasteiger partial charge in [0.05, 0.1) is 0 Å². The maximum atomic E-state index is 4.51. The van der Waals surface area contributed by atoms with Crippen LogP contribution in [-0.2, 0) is 74.1 Å². The summed E-state index contributed by atoms with van der Waals surface area (Å²) in [6.07, 6.45) is 0. The fourth-order valence-electron chi connectivity index (χ4n) is 5.92. The van der Waals surface area contributed by atoms with Gasteiger partial charge in [0.15, 0.2) is 0 Å². The van der Waals surface area contributed by atoms with Gasteiger partial charge >= 0.3 is 21.7 Å². The molecule has 61 heavy (non-hydrogen) atoms. The number of hydrogen-bond acceptors (Lipinski definition) is 0. The molecule has 0 spiro atoms. The van der Waals surface area contributed by atoms with Crippen molar-refractivity contribution in [1.82, 2.24) is 0 Å². The van der Waals surface area contributed by atoms with E-state index in [4.69, 9.17) is 0 Å². The van der Waals surface area contributed by atoms with E-state index in [1.165, 1.54) is 44.5 Å². The summed E-state index contributed by atoms with van der Waals surface area (Å²) in [7, 11) is 0. The Morgan fingerprint density at radius 1 is 0.164 bits per heavy atom. The van der Waals surface area contributed by atoms with E-state index in [1.807, 2.05) is 146 Å². The van der Waals surface area contributed by atoms with Gasteiger partial charge in [-0.3, -0.25) is 0 Å². The first-order valence-electron chi connectivity index (χ1n) is 20.6. The monoisotopic (exact) mass is 832 g/mol. The van der Waals surface area contributed by atoms with Crippen LogP contribution in [0.1, 0.15) is 44.5 Å². The average molecular weight is 833 g/mol. The predicted molar refractivity (Wildman–Crippen MR) is 255 cm³/mol. The molecule has 0 aliphatic carbocycles. The molecular weight excluding hydrogens is 777 g/mol. The summed E-state index contributed by atoms with van der Waals surface area (Å²) in [6, 6.07) is 82.7. The number of hydrogen-bond donors (Lipinski definition) is 0. The van der Waals surface area contributed by atoms with Crippen LogP contribution in [0.4, 0.5) is 0 Å². The maximum absolute atomic E-state index is 4.51. The summed E-state index contributed by atoms with van der Waals surface area (Å²) < 4.78 is 0. The Labute approximate surface area is 380 Å². The largest absolute Gasteiger partial charge is 4.00 e. The number of rotatable bonds is 16. The molecular formula is C56H56N4Ti. The molecule has 8 aromatic rings. The molecule has 0 bridgehead atoms. The third-order valence-electron chi connectivity index (χ3n) is 9.10. The van der Waals surface area contributed by atoms with Crippen molar-refractivity contribution in [3.05, 3.63) is 308 Å². The molecule has 0 aliphatic rings. The van der Waals surface area contributed by atoms with Gasteiger partial charge in [-0.25, -0.2) is 0 Å². The summed E-state index contributed by atoms with van der Waals surface area (Å²) in [4.78, 5) is 0. The minimum atomic E-state index is 0. The molecule has 0 radical (unpaired) electrons. The Kier molecular flexibility index (Phi) is 24.6. The Morgan fingerprint density at radius 3 is 0.361 bits per heavy atom. The molecule has 8 aromatic carbocycles. The molecule has 0 atom stereocenters. The molecule has 8 rings (SSSR count). The SMILES string of the molecule is [Ti+4].c1ccc(C[N-]Cc2ccccc2)cc1.c1ccc(C[N-]Cc2ccccc2)cc1.c1ccc(C[N-]Cc2ccccc2)cc1.c1ccc(C[N-]Cc2ccccc2)cc1. The first-order valence-corrected chi connectivity index (χ1v) is 20.6. The molecule has 0 unspecified atom stereocenters. The van der Waals surface area contributed by atoms with Gasteiger partial charge in [0.25, 0.3) is 0 Å². The number of benzene rings is 8. The smallest absolute Gasteiger partial charge is 0.655 e. The summed E-state index contributed by atoms with van der Waals surface area (Å²) in [6.45, 7) is 6.41. The second-order valence-electron chi connectivity index (χ2n) is 14.0. The minimum absolute atomic E-state index is 0. The van der Waals surface area contributed by atoms with E-state index in [9.17, 15) is 0 Å². The molecule has 5 heteroatoms. The fourth-order valence-corrected chi connectivity index (χ4v) is 5.92. The summed E-state index contributed by atoms with van der Waals surface area (Å²) in [5.74, 6) is 0. The molecule has 4 nitrogen and oxygen atoms in total. The molecule has 0 aromatic heterocycles. The van der Waals surface area contributed by atoms with Crippen LogP contribution in [0.15, 0.2) is 243 Å². The first kappa shape index (κ1) is 48.0. The van der Waals surface area contributed by atoms with Crippen LogP contribution >= 0.6 is 0 Å². The van der Waals surface area contributed by atoms with E-state index in [2.05, 4.69) is 118 Å². The molecule has 0 fully saturated rings. The summed E-state index contributed by atoms with van der Waals surface area (Å²) >= 11 is 0. The molecule has 0 heterocycles. The van der Waals surface area contributed by atoms with Crippen LogP contribution in [0.5, 0.6) is 0 Å². The van der Waals surface area contributed by atoms with Gasteiger partial charge in [-0.15, -0.1) is 52.4 Å². The van der Waals surface area contributed by atoms with E-state index in [-0.39, 0.29) is 21.7 Å². The normalized spacial score (nSPS) is 9.97. The van der Waals surface area contributed by atoms with Crippen molar-refractivity contribution in [2.75, 3.05) is 0 Å². The zero-order valence-corrected chi connectivity index (χ0v) is 36.6. The van der Waals surface area contributed by atoms with Gasteiger partial charge < -0.3 is 21.3 Å². The van der Waals surface area contributed by atoms with Crippen LogP contribution in [0, 0.1) is 0 Å². The van der Waals surface area contributed by atoms with Gasteiger partial charge in [-0.1, -0.05) is 287 Å². The van der Waals surface area contributed by atoms with Gasteiger partial charge in [-0.05, 0) is 0 Å². The van der Waals surface area contributed by atoms with E-state index in [1.54, 1.807) is 0 Å². The van der Waals surface area contributed by atoms with E-state index in [0.29, 0.717) is 0 Å². The average Bonchev–Trinajstić information content (AvgIpc) is 3.33. The van der Waals surface area contributed by atoms with Gasteiger partial charge in [0.1, 0.15) is 0 Å². The Balaban J connectivity index is 0.000000178. The minimum Gasteiger partial charge on any atom is -0.655 e. The molecule has 0 saturated carbocycles. The second kappa shape index (κ2) is 31.2. The first-order chi connectivity index (χ1) is 29.8. The molecule has 0 saturated heterocycles. The van der Waals surface area contributed by atoms with Crippen molar-refractivity contribution in [3.63, 3.8) is 0 Å². The Hall–Kier alpha value is -5.69. The van der Waals surface area contributed by atoms with E-state index < -0.39 is 0 Å². The summed E-state index contributed by atoms with van der Waals surface area (Å²) in [5, 5.41) is 18.0. The summed E-state index contributed by atoms with van der Waals surface area (Å²) in [5.41, 5.74) is 10.2. The molecule has 0 amide bonds. The zero-order valence-electron chi connectivity index (χ0n) is 35.0. The topological polar surface area (TPSA) is 56.4 Å². The second-order valence-corrected chi connectivity index (χ2v) is 14.0. The van der Waals surface area contributed by atoms with Crippen LogP contribution in [0.2, 0.25) is 0 Å². The van der Waals surface area contributed by atoms with Crippen molar-refractivity contribution in [2.24, 2.45) is 0 Å². The van der Waals surface area contributed by atoms with E-state index in [0.717, 1.165) is 52.4 Å². The quantitative estimate of drug-likeness (QED) is 0.0871. The third-order valence-corrected chi connectivity index (χ3v) is 9.10. The van der Waals surface area contributed by atoms with Crippen LogP contribution < -0.4 is 0 Å². The zero-order chi connectivity index (χ0) is 41.4. The van der Waals surface area contributed by atoms with Crippen LogP contribution in [-0.4, -0.2) is 0 Å². The third kappa shape index (κ3) is 21.9.